The number of aromatic amines is 1. The number of aliphatic hydroxyl groups excluding tert-OH is 1. The molecule has 1 aromatic carbocycles. The zero-order valence-corrected chi connectivity index (χ0v) is 10.4. The van der Waals surface area contributed by atoms with E-state index in [1.165, 1.54) is 0 Å². The molecule has 19 heavy (non-hydrogen) atoms. The molecule has 2 heterocycles. The van der Waals surface area contributed by atoms with E-state index >= 15 is 0 Å². The summed E-state index contributed by atoms with van der Waals surface area (Å²) in [7, 11) is 0. The first kappa shape index (κ1) is 11.9. The van der Waals surface area contributed by atoms with Gasteiger partial charge in [0.15, 0.2) is 0 Å². The number of hydrogen-bond acceptors (Lipinski definition) is 3. The summed E-state index contributed by atoms with van der Waals surface area (Å²) in [6, 6.07) is 11.5. The number of β-amino-alcohol motifs (C(OH)–C–C–N with tert-alkyl or cyclic N) is 1. The number of aliphatic hydroxyl groups is 1. The van der Waals surface area contributed by atoms with Crippen molar-refractivity contribution in [3.05, 3.63) is 42.1 Å². The molecule has 5 nitrogen and oxygen atoms in total. The number of nitrogens with zero attached hydrogens (tertiary/aromatic N) is 2. The number of nitrogens with one attached hydrogen (secondary N) is 1. The van der Waals surface area contributed by atoms with Gasteiger partial charge in [0.1, 0.15) is 5.69 Å². The molecule has 1 fully saturated rings. The Morgan fingerprint density at radius 1 is 1.37 bits per heavy atom. The van der Waals surface area contributed by atoms with Crippen LogP contribution in [0.4, 0.5) is 0 Å². The minimum Gasteiger partial charge on any atom is -0.391 e. The van der Waals surface area contributed by atoms with E-state index in [1.54, 1.807) is 11.0 Å². The Morgan fingerprint density at radius 2 is 2.16 bits per heavy atom. The van der Waals surface area contributed by atoms with E-state index in [2.05, 4.69) is 10.2 Å². The van der Waals surface area contributed by atoms with Gasteiger partial charge >= 0.3 is 0 Å². The summed E-state index contributed by atoms with van der Waals surface area (Å²) in [4.78, 5) is 13.8. The maximum absolute atomic E-state index is 12.2. The van der Waals surface area contributed by atoms with Crippen LogP contribution in [0.1, 0.15) is 16.9 Å². The second-order valence-corrected chi connectivity index (χ2v) is 4.73. The van der Waals surface area contributed by atoms with E-state index in [4.69, 9.17) is 0 Å². The number of carbonyl (C=O) groups is 1. The van der Waals surface area contributed by atoms with Gasteiger partial charge in [-0.2, -0.15) is 5.10 Å². The van der Waals surface area contributed by atoms with Crippen molar-refractivity contribution in [3.8, 4) is 11.3 Å². The van der Waals surface area contributed by atoms with Crippen molar-refractivity contribution in [3.63, 3.8) is 0 Å². The first-order chi connectivity index (χ1) is 9.24. The van der Waals surface area contributed by atoms with Gasteiger partial charge in [0.25, 0.3) is 5.91 Å². The van der Waals surface area contributed by atoms with Crippen LogP contribution in [0.3, 0.4) is 0 Å². The van der Waals surface area contributed by atoms with Gasteiger partial charge in [-0.05, 0) is 12.5 Å². The Kier molecular flexibility index (Phi) is 3.05. The molecule has 1 saturated heterocycles. The first-order valence-electron chi connectivity index (χ1n) is 6.32. The Bertz CT molecular complexity index is 579. The average molecular weight is 257 g/mol. The number of H-pyrrole nitrogens is 1. The van der Waals surface area contributed by atoms with E-state index in [0.717, 1.165) is 11.3 Å². The molecule has 0 saturated carbocycles. The lowest BCUT2D eigenvalue weighted by molar-refractivity contribution is 0.0759. The smallest absolute Gasteiger partial charge is 0.271 e. The molecule has 3 rings (SSSR count). The summed E-state index contributed by atoms with van der Waals surface area (Å²) in [5.74, 6) is -0.105. The normalized spacial score (nSPS) is 18.8. The summed E-state index contributed by atoms with van der Waals surface area (Å²) < 4.78 is 0. The maximum atomic E-state index is 12.2. The molecule has 1 atom stereocenters. The van der Waals surface area contributed by atoms with Crippen LogP contribution < -0.4 is 0 Å². The number of aromatic nitrogens is 2. The van der Waals surface area contributed by atoms with E-state index < -0.39 is 6.10 Å². The minimum atomic E-state index is -0.402. The van der Waals surface area contributed by atoms with Gasteiger partial charge in [-0.15, -0.1) is 0 Å². The maximum Gasteiger partial charge on any atom is 0.271 e. The van der Waals surface area contributed by atoms with E-state index in [1.807, 2.05) is 30.3 Å². The molecular formula is C14H15N3O2. The van der Waals surface area contributed by atoms with Crippen molar-refractivity contribution >= 4 is 5.91 Å². The summed E-state index contributed by atoms with van der Waals surface area (Å²) in [5, 5.41) is 16.4. The monoisotopic (exact) mass is 257 g/mol. The molecule has 0 radical (unpaired) electrons. The van der Waals surface area contributed by atoms with Crippen molar-refractivity contribution in [1.82, 2.24) is 15.1 Å². The van der Waals surface area contributed by atoms with Crippen LogP contribution in [0.2, 0.25) is 0 Å². The van der Waals surface area contributed by atoms with Crippen LogP contribution in [0.5, 0.6) is 0 Å². The highest BCUT2D eigenvalue weighted by Gasteiger charge is 2.26. The predicted octanol–water partition coefficient (Wildman–Crippen LogP) is 1.28. The Hall–Kier alpha value is -2.14. The summed E-state index contributed by atoms with van der Waals surface area (Å²) >= 11 is 0. The molecule has 0 bridgehead atoms. The zero-order chi connectivity index (χ0) is 13.2. The minimum absolute atomic E-state index is 0.105. The van der Waals surface area contributed by atoms with Crippen LogP contribution >= 0.6 is 0 Å². The molecule has 0 aliphatic carbocycles. The Morgan fingerprint density at radius 3 is 2.84 bits per heavy atom. The van der Waals surface area contributed by atoms with Crippen molar-refractivity contribution in [2.24, 2.45) is 0 Å². The van der Waals surface area contributed by atoms with Crippen LogP contribution in [0.15, 0.2) is 36.4 Å². The quantitative estimate of drug-likeness (QED) is 0.851. The third kappa shape index (κ3) is 2.37. The van der Waals surface area contributed by atoms with Crippen LogP contribution in [-0.2, 0) is 0 Å². The lowest BCUT2D eigenvalue weighted by Gasteiger charge is -2.13. The standard InChI is InChI=1S/C14H15N3O2/c18-11-6-7-17(9-11)14(19)13-8-12(15-16-13)10-4-2-1-3-5-10/h1-5,8,11,18H,6-7,9H2,(H,15,16). The van der Waals surface area contributed by atoms with Crippen molar-refractivity contribution in [2.45, 2.75) is 12.5 Å². The van der Waals surface area contributed by atoms with Crippen molar-refractivity contribution < 1.29 is 9.90 Å². The largest absolute Gasteiger partial charge is 0.391 e. The molecule has 1 amide bonds. The van der Waals surface area contributed by atoms with Gasteiger partial charge in [-0.3, -0.25) is 9.89 Å². The number of hydrogen-bond donors (Lipinski definition) is 2. The van der Waals surface area contributed by atoms with E-state index in [0.29, 0.717) is 25.2 Å². The summed E-state index contributed by atoms with van der Waals surface area (Å²) in [5.41, 5.74) is 2.19. The zero-order valence-electron chi connectivity index (χ0n) is 10.4. The van der Waals surface area contributed by atoms with Gasteiger partial charge in [-0.25, -0.2) is 0 Å². The SMILES string of the molecule is O=C(c1cc(-c2ccccc2)n[nH]1)N1CCC(O)C1. The van der Waals surface area contributed by atoms with E-state index in [9.17, 15) is 9.90 Å². The van der Waals surface area contributed by atoms with Crippen molar-refractivity contribution in [1.29, 1.82) is 0 Å². The Balaban J connectivity index is 1.80. The van der Waals surface area contributed by atoms with Gasteiger partial charge in [-0.1, -0.05) is 30.3 Å². The number of amides is 1. The lowest BCUT2D eigenvalue weighted by atomic mass is 10.1. The Labute approximate surface area is 110 Å². The molecule has 1 unspecified atom stereocenters. The molecule has 1 aliphatic heterocycles. The van der Waals surface area contributed by atoms with Gasteiger partial charge in [0.05, 0.1) is 11.8 Å². The second kappa shape index (κ2) is 4.85. The first-order valence-corrected chi connectivity index (χ1v) is 6.32. The van der Waals surface area contributed by atoms with Crippen LogP contribution in [-0.4, -0.2) is 45.3 Å². The van der Waals surface area contributed by atoms with Crippen LogP contribution in [0, 0.1) is 0 Å². The summed E-state index contributed by atoms with van der Waals surface area (Å²) in [6.07, 6.45) is 0.242. The topological polar surface area (TPSA) is 69.2 Å². The van der Waals surface area contributed by atoms with Crippen molar-refractivity contribution in [2.75, 3.05) is 13.1 Å². The lowest BCUT2D eigenvalue weighted by Crippen LogP contribution is -2.29. The highest BCUT2D eigenvalue weighted by atomic mass is 16.3. The molecule has 5 heteroatoms. The highest BCUT2D eigenvalue weighted by molar-refractivity contribution is 5.93. The van der Waals surface area contributed by atoms with Gasteiger partial charge in [0.2, 0.25) is 0 Å². The van der Waals surface area contributed by atoms with E-state index in [-0.39, 0.29) is 5.91 Å². The number of carbonyl (C=O) groups excluding carboxylic acids is 1. The third-order valence-corrected chi connectivity index (χ3v) is 3.33. The van der Waals surface area contributed by atoms with Gasteiger partial charge < -0.3 is 10.0 Å². The molecule has 2 aromatic rings. The molecule has 0 spiro atoms. The average Bonchev–Trinajstić information content (AvgIpc) is 3.08. The third-order valence-electron chi connectivity index (χ3n) is 3.33. The molecule has 1 aromatic heterocycles. The number of rotatable bonds is 2. The fourth-order valence-corrected chi connectivity index (χ4v) is 2.28. The fraction of sp³-hybridized carbons (Fsp3) is 0.286. The number of benzene rings is 1. The molecule has 2 N–H and O–H groups in total. The fourth-order valence-electron chi connectivity index (χ4n) is 2.28. The molecule has 98 valence electrons. The summed E-state index contributed by atoms with van der Waals surface area (Å²) in [6.45, 7) is 0.998. The number of likely N-dealkylation sites (tertiary alicyclic amines) is 1. The highest BCUT2D eigenvalue weighted by Crippen LogP contribution is 2.19. The van der Waals surface area contributed by atoms with Gasteiger partial charge in [0, 0.05) is 18.7 Å². The predicted molar refractivity (Wildman–Crippen MR) is 70.6 cm³/mol. The molecule has 1 aliphatic rings. The second-order valence-electron chi connectivity index (χ2n) is 4.73. The molecular weight excluding hydrogens is 242 g/mol. The van der Waals surface area contributed by atoms with Crippen LogP contribution in [0.25, 0.3) is 11.3 Å².